The van der Waals surface area contributed by atoms with E-state index in [1.54, 1.807) is 48.5 Å². The third-order valence-corrected chi connectivity index (χ3v) is 6.59. The largest absolute Gasteiger partial charge is 0.206 e. The highest BCUT2D eigenvalue weighted by Gasteiger charge is 2.16. The molecule has 0 radical (unpaired) electrons. The van der Waals surface area contributed by atoms with Gasteiger partial charge in [-0.2, -0.15) is 0 Å². The summed E-state index contributed by atoms with van der Waals surface area (Å²) in [4.78, 5) is 0. The molecule has 3 heteroatoms. The number of allylic oxidation sites excluding steroid dienone is 3. The number of unbranched alkanes of at least 4 members (excludes halogenated alkanes) is 1. The fraction of sp³-hybridized carbons (Fsp3) is 0.267. The Morgan fingerprint density at radius 2 is 1.55 bits per heavy atom. The van der Waals surface area contributed by atoms with Crippen LogP contribution in [-0.4, -0.2) is 0 Å². The first-order valence-electron chi connectivity index (χ1n) is 11.7. The molecule has 0 N–H and O–H groups in total. The molecule has 1 aliphatic carbocycles. The van der Waals surface area contributed by atoms with E-state index in [2.05, 4.69) is 12.7 Å². The fourth-order valence-corrected chi connectivity index (χ4v) is 4.48. The van der Waals surface area contributed by atoms with Gasteiger partial charge < -0.3 is 0 Å². The molecule has 0 spiro atoms. The Morgan fingerprint density at radius 3 is 2.15 bits per heavy atom. The van der Waals surface area contributed by atoms with Gasteiger partial charge in [-0.1, -0.05) is 74.0 Å². The maximum Gasteiger partial charge on any atom is 0.166 e. The van der Waals surface area contributed by atoms with Crippen molar-refractivity contribution >= 4 is 5.57 Å². The van der Waals surface area contributed by atoms with E-state index >= 15 is 0 Å². The van der Waals surface area contributed by atoms with E-state index in [-0.39, 0.29) is 11.4 Å². The molecule has 0 amide bonds. The van der Waals surface area contributed by atoms with Crippen LogP contribution in [0.15, 0.2) is 73.3 Å². The summed E-state index contributed by atoms with van der Waals surface area (Å²) in [5.74, 6) is -1.39. The topological polar surface area (TPSA) is 0 Å². The number of aryl methyl sites for hydroxylation is 1. The van der Waals surface area contributed by atoms with E-state index < -0.39 is 11.6 Å². The molecule has 0 saturated heterocycles. The van der Waals surface area contributed by atoms with E-state index in [4.69, 9.17) is 0 Å². The van der Waals surface area contributed by atoms with Crippen LogP contribution in [0.2, 0.25) is 0 Å². The second kappa shape index (κ2) is 10.2. The van der Waals surface area contributed by atoms with Gasteiger partial charge in [0.25, 0.3) is 0 Å². The van der Waals surface area contributed by atoms with Crippen molar-refractivity contribution < 1.29 is 13.2 Å². The number of rotatable bonds is 7. The van der Waals surface area contributed by atoms with Crippen molar-refractivity contribution in [1.29, 1.82) is 0 Å². The molecule has 1 atom stereocenters. The van der Waals surface area contributed by atoms with E-state index in [1.165, 1.54) is 5.57 Å². The first-order chi connectivity index (χ1) is 16.0. The van der Waals surface area contributed by atoms with Gasteiger partial charge in [0.2, 0.25) is 0 Å². The Kier molecular flexibility index (Phi) is 7.17. The Labute approximate surface area is 194 Å². The summed E-state index contributed by atoms with van der Waals surface area (Å²) >= 11 is 0. The average molecular weight is 447 g/mol. The highest BCUT2D eigenvalue weighted by atomic mass is 19.2. The maximum atomic E-state index is 15.0. The second-order valence-corrected chi connectivity index (χ2v) is 8.78. The first-order valence-corrected chi connectivity index (χ1v) is 11.7. The quantitative estimate of drug-likeness (QED) is 0.317. The highest BCUT2D eigenvalue weighted by Crippen LogP contribution is 2.34. The molecule has 0 fully saturated rings. The molecule has 0 heterocycles. The summed E-state index contributed by atoms with van der Waals surface area (Å²) in [6.07, 6.45) is 9.35. The molecule has 4 rings (SSSR count). The van der Waals surface area contributed by atoms with Gasteiger partial charge in [-0.05, 0) is 71.9 Å². The molecular weight excluding hydrogens is 417 g/mol. The highest BCUT2D eigenvalue weighted by molar-refractivity contribution is 5.74. The number of halogens is 3. The predicted molar refractivity (Wildman–Crippen MR) is 131 cm³/mol. The van der Waals surface area contributed by atoms with Gasteiger partial charge in [-0.25, -0.2) is 13.2 Å². The Balaban J connectivity index is 1.56. The van der Waals surface area contributed by atoms with Gasteiger partial charge in [-0.15, -0.1) is 6.58 Å². The Bertz CT molecular complexity index is 1170. The van der Waals surface area contributed by atoms with E-state index in [0.29, 0.717) is 34.6 Å². The third kappa shape index (κ3) is 4.98. The van der Waals surface area contributed by atoms with Gasteiger partial charge >= 0.3 is 0 Å². The standard InChI is InChI=1S/C30H29F3/c1-3-5-6-24-15-18-27(30(33)29(24)32)23-13-11-22(12-14-23)26-17-16-25(19-28(26)31)21-9-7-20(4-2)8-10-21/h4,9,11-20H,2-3,5-8,10H2,1H3. The van der Waals surface area contributed by atoms with Crippen molar-refractivity contribution in [2.45, 2.75) is 45.4 Å². The lowest BCUT2D eigenvalue weighted by Crippen LogP contribution is -2.02. The van der Waals surface area contributed by atoms with Crippen LogP contribution >= 0.6 is 0 Å². The molecule has 0 nitrogen and oxygen atoms in total. The molecule has 0 aromatic heterocycles. The van der Waals surface area contributed by atoms with Gasteiger partial charge in [0.1, 0.15) is 5.82 Å². The fourth-order valence-electron chi connectivity index (χ4n) is 4.48. The SMILES string of the molecule is C=CC1CC=C(c2ccc(-c3ccc(-c4ccc(CCCC)c(F)c4F)cc3)c(F)c2)CC1. The van der Waals surface area contributed by atoms with Crippen LogP contribution in [0, 0.1) is 23.4 Å². The number of benzene rings is 3. The molecule has 3 aromatic rings. The minimum Gasteiger partial charge on any atom is -0.206 e. The van der Waals surface area contributed by atoms with Crippen molar-refractivity contribution in [2.75, 3.05) is 0 Å². The third-order valence-electron chi connectivity index (χ3n) is 6.59. The van der Waals surface area contributed by atoms with E-state index in [9.17, 15) is 13.2 Å². The molecule has 33 heavy (non-hydrogen) atoms. The minimum absolute atomic E-state index is 0.220. The maximum absolute atomic E-state index is 15.0. The molecule has 0 aliphatic heterocycles. The van der Waals surface area contributed by atoms with Crippen LogP contribution < -0.4 is 0 Å². The van der Waals surface area contributed by atoms with Gasteiger partial charge in [0, 0.05) is 11.1 Å². The zero-order valence-corrected chi connectivity index (χ0v) is 19.0. The summed E-state index contributed by atoms with van der Waals surface area (Å²) < 4.78 is 44.1. The summed E-state index contributed by atoms with van der Waals surface area (Å²) in [7, 11) is 0. The summed E-state index contributed by atoms with van der Waals surface area (Å²) in [6, 6.07) is 15.6. The van der Waals surface area contributed by atoms with Crippen LogP contribution in [0.25, 0.3) is 27.8 Å². The van der Waals surface area contributed by atoms with Gasteiger partial charge in [0.05, 0.1) is 0 Å². The summed E-state index contributed by atoms with van der Waals surface area (Å²) in [6.45, 7) is 5.88. The summed E-state index contributed by atoms with van der Waals surface area (Å²) in [5, 5.41) is 0. The zero-order chi connectivity index (χ0) is 23.4. The lowest BCUT2D eigenvalue weighted by atomic mass is 9.86. The monoisotopic (exact) mass is 446 g/mol. The van der Waals surface area contributed by atoms with Crippen molar-refractivity contribution in [3.05, 3.63) is 102 Å². The Morgan fingerprint density at radius 1 is 0.879 bits per heavy atom. The van der Waals surface area contributed by atoms with Crippen LogP contribution in [0.4, 0.5) is 13.2 Å². The average Bonchev–Trinajstić information content (AvgIpc) is 2.85. The van der Waals surface area contributed by atoms with Gasteiger partial charge in [0.15, 0.2) is 11.6 Å². The minimum atomic E-state index is -0.827. The van der Waals surface area contributed by atoms with E-state index in [1.807, 2.05) is 19.1 Å². The lowest BCUT2D eigenvalue weighted by Gasteiger charge is -2.19. The molecule has 0 bridgehead atoms. The normalized spacial score (nSPS) is 15.9. The number of hydrogen-bond donors (Lipinski definition) is 0. The first kappa shape index (κ1) is 23.1. The molecule has 1 aliphatic rings. The second-order valence-electron chi connectivity index (χ2n) is 8.78. The van der Waals surface area contributed by atoms with Crippen molar-refractivity contribution in [3.8, 4) is 22.3 Å². The smallest absolute Gasteiger partial charge is 0.166 e. The van der Waals surface area contributed by atoms with Gasteiger partial charge in [-0.3, -0.25) is 0 Å². The van der Waals surface area contributed by atoms with Crippen LogP contribution in [0.3, 0.4) is 0 Å². The Hall–Kier alpha value is -3.07. The number of hydrogen-bond acceptors (Lipinski definition) is 0. The molecule has 0 saturated carbocycles. The zero-order valence-electron chi connectivity index (χ0n) is 19.0. The van der Waals surface area contributed by atoms with Crippen molar-refractivity contribution in [3.63, 3.8) is 0 Å². The van der Waals surface area contributed by atoms with Crippen LogP contribution in [0.5, 0.6) is 0 Å². The molecular formula is C30H29F3. The van der Waals surface area contributed by atoms with Crippen LogP contribution in [0.1, 0.15) is 50.2 Å². The van der Waals surface area contributed by atoms with Crippen molar-refractivity contribution in [2.24, 2.45) is 5.92 Å². The predicted octanol–water partition coefficient (Wildman–Crippen LogP) is 9.15. The summed E-state index contributed by atoms with van der Waals surface area (Å²) in [5.41, 5.74) is 4.48. The van der Waals surface area contributed by atoms with Crippen molar-refractivity contribution in [1.82, 2.24) is 0 Å². The van der Waals surface area contributed by atoms with Crippen LogP contribution in [-0.2, 0) is 6.42 Å². The molecule has 3 aromatic carbocycles. The molecule has 170 valence electrons. The van der Waals surface area contributed by atoms with E-state index in [0.717, 1.165) is 37.7 Å². The lowest BCUT2D eigenvalue weighted by molar-refractivity contribution is 0.499. The molecule has 1 unspecified atom stereocenters.